The van der Waals surface area contributed by atoms with Crippen molar-refractivity contribution in [1.82, 2.24) is 14.9 Å². The molecule has 2 amide bonds. The number of hydrogen-bond acceptors (Lipinski definition) is 3. The highest BCUT2D eigenvalue weighted by molar-refractivity contribution is 6.07. The Hall–Kier alpha value is -2.63. The van der Waals surface area contributed by atoms with E-state index in [1.165, 1.54) is 5.56 Å². The first-order valence-electron chi connectivity index (χ1n) is 9.52. The monoisotopic (exact) mass is 350 g/mol. The van der Waals surface area contributed by atoms with Crippen LogP contribution in [0.4, 0.5) is 5.69 Å². The Morgan fingerprint density at radius 1 is 1.08 bits per heavy atom. The summed E-state index contributed by atoms with van der Waals surface area (Å²) >= 11 is 0. The number of para-hydroxylation sites is 1. The third-order valence-corrected chi connectivity index (χ3v) is 5.57. The van der Waals surface area contributed by atoms with E-state index < -0.39 is 0 Å². The van der Waals surface area contributed by atoms with Crippen molar-refractivity contribution in [1.29, 1.82) is 0 Å². The van der Waals surface area contributed by atoms with Gasteiger partial charge >= 0.3 is 0 Å². The van der Waals surface area contributed by atoms with Crippen LogP contribution in [0.15, 0.2) is 24.3 Å². The van der Waals surface area contributed by atoms with E-state index >= 15 is 0 Å². The van der Waals surface area contributed by atoms with Crippen molar-refractivity contribution in [3.05, 3.63) is 47.0 Å². The topological polar surface area (TPSA) is 67.2 Å². The predicted octanol–water partition coefficient (Wildman–Crippen LogP) is 2.31. The van der Waals surface area contributed by atoms with Crippen molar-refractivity contribution in [2.75, 3.05) is 11.4 Å². The van der Waals surface area contributed by atoms with E-state index in [9.17, 15) is 9.59 Å². The molecule has 1 aliphatic carbocycles. The Labute approximate surface area is 152 Å². The predicted molar refractivity (Wildman–Crippen MR) is 97.5 cm³/mol. The average Bonchev–Trinajstić information content (AvgIpc) is 3.24. The maximum Gasteiger partial charge on any atom is 0.287 e. The first-order valence-corrected chi connectivity index (χ1v) is 9.52. The number of rotatable bonds is 3. The Bertz CT molecular complexity index is 897. The maximum absolute atomic E-state index is 13.3. The van der Waals surface area contributed by atoms with E-state index in [1.54, 1.807) is 0 Å². The van der Waals surface area contributed by atoms with Crippen molar-refractivity contribution in [2.24, 2.45) is 0 Å². The lowest BCUT2D eigenvalue weighted by Crippen LogP contribution is -2.30. The van der Waals surface area contributed by atoms with Gasteiger partial charge in [-0.1, -0.05) is 18.2 Å². The quantitative estimate of drug-likeness (QED) is 0.924. The van der Waals surface area contributed by atoms with Gasteiger partial charge in [-0.15, -0.1) is 0 Å². The van der Waals surface area contributed by atoms with Crippen LogP contribution in [0, 0.1) is 0 Å². The number of fused-ring (bicyclic) bond motifs is 2. The van der Waals surface area contributed by atoms with Crippen molar-refractivity contribution in [3.8, 4) is 0 Å². The zero-order valence-electron chi connectivity index (χ0n) is 14.7. The highest BCUT2D eigenvalue weighted by atomic mass is 16.2. The van der Waals surface area contributed by atoms with E-state index in [1.807, 2.05) is 27.7 Å². The van der Waals surface area contributed by atoms with Crippen LogP contribution in [0.3, 0.4) is 0 Å². The molecular formula is C20H22N4O2. The summed E-state index contributed by atoms with van der Waals surface area (Å²) < 4.78 is 1.97. The van der Waals surface area contributed by atoms with E-state index in [0.717, 1.165) is 56.5 Å². The second-order valence-electron chi connectivity index (χ2n) is 7.42. The van der Waals surface area contributed by atoms with Gasteiger partial charge in [0.2, 0.25) is 0 Å². The molecule has 2 aromatic rings. The molecule has 3 heterocycles. The van der Waals surface area contributed by atoms with Crippen molar-refractivity contribution < 1.29 is 9.59 Å². The Morgan fingerprint density at radius 3 is 2.77 bits per heavy atom. The summed E-state index contributed by atoms with van der Waals surface area (Å²) in [6.45, 7) is 1.44. The number of carbonyl (C=O) groups excluding carboxylic acids is 2. The standard InChI is InChI=1S/C20H22N4O2/c25-19(21-14-8-9-14)18-22-17(16-7-3-4-11-23(16)18)20(26)24-12-10-13-5-1-2-6-15(13)24/h1-2,5-6,14H,3-4,7-12H2,(H,21,25). The molecule has 0 saturated heterocycles. The number of anilines is 1. The van der Waals surface area contributed by atoms with Gasteiger partial charge in [-0.3, -0.25) is 9.59 Å². The minimum absolute atomic E-state index is 0.0777. The maximum atomic E-state index is 13.3. The van der Waals surface area contributed by atoms with Crippen LogP contribution < -0.4 is 10.2 Å². The molecule has 0 radical (unpaired) electrons. The smallest absolute Gasteiger partial charge is 0.287 e. The third-order valence-electron chi connectivity index (χ3n) is 5.57. The molecule has 6 heteroatoms. The first-order chi connectivity index (χ1) is 12.7. The molecule has 3 aliphatic rings. The lowest BCUT2D eigenvalue weighted by molar-refractivity contribution is 0.0935. The van der Waals surface area contributed by atoms with Crippen LogP contribution in [0.2, 0.25) is 0 Å². The number of aromatic nitrogens is 2. The fourth-order valence-electron chi connectivity index (χ4n) is 4.04. The van der Waals surface area contributed by atoms with Crippen molar-refractivity contribution in [2.45, 2.75) is 51.1 Å². The zero-order chi connectivity index (χ0) is 17.7. The highest BCUT2D eigenvalue weighted by Gasteiger charge is 2.34. The summed E-state index contributed by atoms with van der Waals surface area (Å²) in [6.07, 6.45) is 5.80. The Morgan fingerprint density at radius 2 is 1.92 bits per heavy atom. The summed E-state index contributed by atoms with van der Waals surface area (Å²) in [5, 5.41) is 3.01. The van der Waals surface area contributed by atoms with Crippen LogP contribution in [0.25, 0.3) is 0 Å². The molecule has 5 rings (SSSR count). The molecule has 0 atom stereocenters. The number of benzene rings is 1. The average molecular weight is 350 g/mol. The molecule has 1 aromatic heterocycles. The molecular weight excluding hydrogens is 328 g/mol. The van der Waals surface area contributed by atoms with Gasteiger partial charge in [0, 0.05) is 24.8 Å². The lowest BCUT2D eigenvalue weighted by atomic mass is 10.1. The number of hydrogen-bond donors (Lipinski definition) is 1. The fourth-order valence-corrected chi connectivity index (χ4v) is 4.04. The summed E-state index contributed by atoms with van der Waals surface area (Å²) in [4.78, 5) is 32.2. The summed E-state index contributed by atoms with van der Waals surface area (Å²) in [5.74, 6) is 0.185. The van der Waals surface area contributed by atoms with E-state index in [4.69, 9.17) is 0 Å². The molecule has 1 N–H and O–H groups in total. The minimum atomic E-state index is -0.142. The first kappa shape index (κ1) is 15.6. The van der Waals surface area contributed by atoms with Crippen LogP contribution in [-0.4, -0.2) is 34.0 Å². The van der Waals surface area contributed by atoms with Gasteiger partial charge in [0.1, 0.15) is 0 Å². The van der Waals surface area contributed by atoms with Gasteiger partial charge in [-0.25, -0.2) is 4.98 Å². The highest BCUT2D eigenvalue weighted by Crippen LogP contribution is 2.31. The fraction of sp³-hybridized carbons (Fsp3) is 0.450. The normalized spacial score (nSPS) is 18.4. The second-order valence-corrected chi connectivity index (χ2v) is 7.42. The van der Waals surface area contributed by atoms with Gasteiger partial charge in [0.25, 0.3) is 11.8 Å². The van der Waals surface area contributed by atoms with Crippen molar-refractivity contribution in [3.63, 3.8) is 0 Å². The largest absolute Gasteiger partial charge is 0.347 e. The van der Waals surface area contributed by atoms with Gasteiger partial charge in [0.05, 0.1) is 5.69 Å². The third kappa shape index (κ3) is 2.52. The summed E-state index contributed by atoms with van der Waals surface area (Å²) in [6, 6.07) is 8.31. The number of imidazole rings is 1. The van der Waals surface area contributed by atoms with Crippen LogP contribution in [0.1, 0.15) is 58.0 Å². The Balaban J connectivity index is 1.51. The van der Waals surface area contributed by atoms with Gasteiger partial charge in [-0.05, 0) is 50.2 Å². The zero-order valence-corrected chi connectivity index (χ0v) is 14.7. The molecule has 6 nitrogen and oxygen atoms in total. The number of nitrogens with one attached hydrogen (secondary N) is 1. The molecule has 26 heavy (non-hydrogen) atoms. The molecule has 1 aromatic carbocycles. The molecule has 0 bridgehead atoms. The van der Waals surface area contributed by atoms with E-state index in [-0.39, 0.29) is 17.9 Å². The molecule has 1 fully saturated rings. The Kier molecular flexibility index (Phi) is 3.58. The number of amides is 2. The minimum Gasteiger partial charge on any atom is -0.347 e. The van der Waals surface area contributed by atoms with E-state index in [2.05, 4.69) is 16.4 Å². The lowest BCUT2D eigenvalue weighted by Gasteiger charge is -2.19. The number of nitrogens with zero attached hydrogens (tertiary/aromatic N) is 3. The van der Waals surface area contributed by atoms with Crippen molar-refractivity contribution >= 4 is 17.5 Å². The molecule has 2 aliphatic heterocycles. The van der Waals surface area contributed by atoms with Crippen LogP contribution in [0.5, 0.6) is 0 Å². The van der Waals surface area contributed by atoms with Crippen LogP contribution >= 0.6 is 0 Å². The number of carbonyl (C=O) groups is 2. The molecule has 1 saturated carbocycles. The molecule has 0 spiro atoms. The van der Waals surface area contributed by atoms with Gasteiger partial charge < -0.3 is 14.8 Å². The summed E-state index contributed by atoms with van der Waals surface area (Å²) in [7, 11) is 0. The van der Waals surface area contributed by atoms with Gasteiger partial charge in [-0.2, -0.15) is 0 Å². The molecule has 134 valence electrons. The molecule has 0 unspecified atom stereocenters. The second kappa shape index (κ2) is 5.97. The SMILES string of the molecule is O=C(NC1CC1)c1nc(C(=O)N2CCc3ccccc32)c2n1CCCC2. The summed E-state index contributed by atoms with van der Waals surface area (Å²) in [5.41, 5.74) is 3.55. The van der Waals surface area contributed by atoms with Gasteiger partial charge in [0.15, 0.2) is 11.5 Å². The van der Waals surface area contributed by atoms with Crippen LogP contribution in [-0.2, 0) is 19.4 Å². The van der Waals surface area contributed by atoms with E-state index in [0.29, 0.717) is 18.1 Å².